The smallest absolute Gasteiger partial charge is 0.226 e. The highest BCUT2D eigenvalue weighted by atomic mass is 32.1. The Labute approximate surface area is 169 Å². The highest BCUT2D eigenvalue weighted by Crippen LogP contribution is 2.22. The summed E-state index contributed by atoms with van der Waals surface area (Å²) in [7, 11) is 0. The van der Waals surface area contributed by atoms with Gasteiger partial charge in [0.1, 0.15) is 11.6 Å². The molecule has 1 saturated heterocycles. The predicted molar refractivity (Wildman–Crippen MR) is 109 cm³/mol. The molecule has 1 fully saturated rings. The summed E-state index contributed by atoms with van der Waals surface area (Å²) in [5.74, 6) is 0.148. The van der Waals surface area contributed by atoms with Crippen LogP contribution in [-0.4, -0.2) is 53.1 Å². The maximum Gasteiger partial charge on any atom is 0.226 e. The first kappa shape index (κ1) is 20.4. The number of rotatable bonds is 7. The van der Waals surface area contributed by atoms with E-state index in [1.807, 2.05) is 24.8 Å². The van der Waals surface area contributed by atoms with Gasteiger partial charge in [0.25, 0.3) is 0 Å². The Morgan fingerprint density at radius 1 is 1.14 bits per heavy atom. The van der Waals surface area contributed by atoms with E-state index in [1.165, 1.54) is 21.8 Å². The Kier molecular flexibility index (Phi) is 7.11. The molecule has 0 atom stereocenters. The van der Waals surface area contributed by atoms with Crippen molar-refractivity contribution in [1.82, 2.24) is 15.1 Å². The van der Waals surface area contributed by atoms with Crippen molar-refractivity contribution < 1.29 is 14.5 Å². The van der Waals surface area contributed by atoms with Crippen LogP contribution in [0.5, 0.6) is 0 Å². The second kappa shape index (κ2) is 9.75. The van der Waals surface area contributed by atoms with Gasteiger partial charge in [0.2, 0.25) is 16.9 Å². The molecule has 8 heteroatoms. The molecule has 2 aromatic rings. The first-order valence-electron chi connectivity index (χ1n) is 9.80. The number of anilines is 1. The topological polar surface area (TPSA) is 79.6 Å². The van der Waals surface area contributed by atoms with Gasteiger partial charge >= 0.3 is 0 Å². The molecule has 1 aromatic carbocycles. The van der Waals surface area contributed by atoms with Gasteiger partial charge in [-0.3, -0.25) is 9.59 Å². The minimum atomic E-state index is -0.187. The number of amides is 2. The van der Waals surface area contributed by atoms with Crippen LogP contribution in [0.4, 0.5) is 5.13 Å². The molecular weight excluding hydrogens is 374 g/mol. The minimum absolute atomic E-state index is 0.0500. The molecule has 150 valence electrons. The average molecular weight is 403 g/mol. The molecule has 0 unspecified atom stereocenters. The fourth-order valence-corrected chi connectivity index (χ4v) is 3.97. The highest BCUT2D eigenvalue weighted by Gasteiger charge is 2.24. The largest absolute Gasteiger partial charge is 0.331 e. The highest BCUT2D eigenvalue weighted by molar-refractivity contribution is 7.15. The lowest BCUT2D eigenvalue weighted by atomic mass is 10.2. The van der Waals surface area contributed by atoms with Gasteiger partial charge in [-0.05, 0) is 0 Å². The molecule has 0 spiro atoms. The number of aromatic nitrogens is 2. The van der Waals surface area contributed by atoms with E-state index in [2.05, 4.69) is 39.8 Å². The normalized spacial score (nSPS) is 15.0. The summed E-state index contributed by atoms with van der Waals surface area (Å²) in [6.07, 6.45) is 0.405. The molecule has 2 amide bonds. The second-order valence-electron chi connectivity index (χ2n) is 7.44. The maximum atomic E-state index is 12.4. The van der Waals surface area contributed by atoms with Crippen molar-refractivity contribution >= 4 is 28.3 Å². The average Bonchev–Trinajstić information content (AvgIpc) is 3.16. The Balaban J connectivity index is 1.37. The first-order chi connectivity index (χ1) is 13.5. The number of carbonyl (C=O) groups excluding carboxylic acids is 2. The number of carbonyl (C=O) groups is 2. The summed E-state index contributed by atoms with van der Waals surface area (Å²) < 4.78 is 0. The van der Waals surface area contributed by atoms with E-state index in [0.29, 0.717) is 5.13 Å². The van der Waals surface area contributed by atoms with E-state index >= 15 is 0 Å². The summed E-state index contributed by atoms with van der Waals surface area (Å²) in [6, 6.07) is 10.4. The summed E-state index contributed by atoms with van der Waals surface area (Å²) >= 11 is 1.38. The van der Waals surface area contributed by atoms with Gasteiger partial charge in [-0.25, -0.2) is 0 Å². The van der Waals surface area contributed by atoms with E-state index in [-0.39, 0.29) is 30.6 Å². The number of piperazine rings is 1. The van der Waals surface area contributed by atoms with Crippen LogP contribution in [0.2, 0.25) is 0 Å². The van der Waals surface area contributed by atoms with Crippen LogP contribution in [0.1, 0.15) is 43.2 Å². The Hall–Kier alpha value is -2.32. The van der Waals surface area contributed by atoms with E-state index in [4.69, 9.17) is 0 Å². The number of nitrogens with one attached hydrogen (secondary N) is 2. The number of quaternary nitrogens is 1. The SMILES string of the molecule is CC(C)c1nnc(NC(=O)CCC(=O)N2CC[NH+](Cc3ccccc3)CC2)s1. The van der Waals surface area contributed by atoms with Crippen LogP contribution < -0.4 is 10.2 Å². The molecule has 1 aliphatic rings. The summed E-state index contributed by atoms with van der Waals surface area (Å²) in [5.41, 5.74) is 1.33. The molecule has 0 bridgehead atoms. The van der Waals surface area contributed by atoms with Gasteiger partial charge in [-0.2, -0.15) is 0 Å². The van der Waals surface area contributed by atoms with Gasteiger partial charge in [-0.1, -0.05) is 55.5 Å². The fourth-order valence-electron chi connectivity index (χ4n) is 3.21. The predicted octanol–water partition coefficient (Wildman–Crippen LogP) is 1.31. The Bertz CT molecular complexity index is 785. The number of hydrogen-bond donors (Lipinski definition) is 2. The van der Waals surface area contributed by atoms with Crippen LogP contribution >= 0.6 is 11.3 Å². The third-order valence-corrected chi connectivity index (χ3v) is 6.01. The summed E-state index contributed by atoms with van der Waals surface area (Å²) in [4.78, 5) is 27.9. The van der Waals surface area contributed by atoms with Crippen molar-refractivity contribution in [3.05, 3.63) is 40.9 Å². The van der Waals surface area contributed by atoms with Gasteiger partial charge in [0, 0.05) is 24.3 Å². The van der Waals surface area contributed by atoms with Crippen LogP contribution in [0.3, 0.4) is 0 Å². The van der Waals surface area contributed by atoms with E-state index in [0.717, 1.165) is 37.7 Å². The zero-order valence-corrected chi connectivity index (χ0v) is 17.3. The van der Waals surface area contributed by atoms with E-state index < -0.39 is 0 Å². The van der Waals surface area contributed by atoms with Gasteiger partial charge in [0.05, 0.1) is 26.2 Å². The van der Waals surface area contributed by atoms with Crippen molar-refractivity contribution in [2.24, 2.45) is 0 Å². The number of nitrogens with zero attached hydrogens (tertiary/aromatic N) is 3. The van der Waals surface area contributed by atoms with Crippen molar-refractivity contribution in [3.63, 3.8) is 0 Å². The second-order valence-corrected chi connectivity index (χ2v) is 8.45. The van der Waals surface area contributed by atoms with Crippen molar-refractivity contribution in [2.75, 3.05) is 31.5 Å². The lowest BCUT2D eigenvalue weighted by molar-refractivity contribution is -0.917. The molecule has 0 radical (unpaired) electrons. The molecule has 0 aliphatic carbocycles. The van der Waals surface area contributed by atoms with Crippen LogP contribution in [-0.2, 0) is 16.1 Å². The van der Waals surface area contributed by atoms with Crippen LogP contribution in [0.15, 0.2) is 30.3 Å². The van der Waals surface area contributed by atoms with Crippen molar-refractivity contribution in [3.8, 4) is 0 Å². The third kappa shape index (κ3) is 5.84. The number of hydrogen-bond acceptors (Lipinski definition) is 5. The molecule has 28 heavy (non-hydrogen) atoms. The molecule has 1 aliphatic heterocycles. The third-order valence-electron chi connectivity index (χ3n) is 4.87. The molecular formula is C20H28N5O2S+. The zero-order chi connectivity index (χ0) is 19.9. The lowest BCUT2D eigenvalue weighted by Crippen LogP contribution is -3.13. The molecule has 2 N–H and O–H groups in total. The quantitative estimate of drug-likeness (QED) is 0.732. The minimum Gasteiger partial charge on any atom is -0.331 e. The van der Waals surface area contributed by atoms with Crippen LogP contribution in [0, 0.1) is 0 Å². The summed E-state index contributed by atoms with van der Waals surface area (Å²) in [5, 5.41) is 12.2. The first-order valence-corrected chi connectivity index (χ1v) is 10.6. The van der Waals surface area contributed by atoms with Crippen LogP contribution in [0.25, 0.3) is 0 Å². The van der Waals surface area contributed by atoms with Gasteiger partial charge in [-0.15, -0.1) is 10.2 Å². The standard InChI is InChI=1S/C20H27N5O2S/c1-15(2)19-22-23-20(28-19)21-17(26)8-9-18(27)25-12-10-24(11-13-25)14-16-6-4-3-5-7-16/h3-7,15H,8-14H2,1-2H3,(H,21,23,26)/p+1. The Morgan fingerprint density at radius 3 is 2.50 bits per heavy atom. The van der Waals surface area contributed by atoms with E-state index in [1.54, 1.807) is 0 Å². The fraction of sp³-hybridized carbons (Fsp3) is 0.500. The number of benzene rings is 1. The molecule has 0 saturated carbocycles. The van der Waals surface area contributed by atoms with Crippen molar-refractivity contribution in [1.29, 1.82) is 0 Å². The van der Waals surface area contributed by atoms with Gasteiger partial charge in [0.15, 0.2) is 0 Å². The maximum absolute atomic E-state index is 12.4. The van der Waals surface area contributed by atoms with Gasteiger partial charge < -0.3 is 15.1 Å². The lowest BCUT2D eigenvalue weighted by Gasteiger charge is -2.32. The van der Waals surface area contributed by atoms with E-state index in [9.17, 15) is 9.59 Å². The molecule has 7 nitrogen and oxygen atoms in total. The monoisotopic (exact) mass is 402 g/mol. The zero-order valence-electron chi connectivity index (χ0n) is 16.5. The summed E-state index contributed by atoms with van der Waals surface area (Å²) in [6.45, 7) is 8.43. The Morgan fingerprint density at radius 2 is 1.86 bits per heavy atom. The molecule has 1 aromatic heterocycles. The van der Waals surface area contributed by atoms with Crippen molar-refractivity contribution in [2.45, 2.75) is 39.2 Å². The molecule has 2 heterocycles. The molecule has 3 rings (SSSR count).